The fraction of sp³-hybridized carbons (Fsp3) is 0.545. The smallest absolute Gasteiger partial charge is 0.369 e. The topological polar surface area (TPSA) is 28.2 Å². The number of nitrogens with zero attached hydrogens (tertiary/aromatic N) is 2. The minimum atomic E-state index is -4.33. The quantitative estimate of drug-likeness (QED) is 0.862. The summed E-state index contributed by atoms with van der Waals surface area (Å²) in [5.41, 5.74) is -0.152. The van der Waals surface area contributed by atoms with Crippen LogP contribution in [-0.4, -0.2) is 31.2 Å². The van der Waals surface area contributed by atoms with Crippen molar-refractivity contribution in [3.63, 3.8) is 0 Å². The normalized spacial score (nSPS) is 20.9. The highest BCUT2D eigenvalue weighted by Gasteiger charge is 2.32. The Labute approximate surface area is 97.6 Å². The first kappa shape index (κ1) is 12.2. The highest BCUT2D eigenvalue weighted by molar-refractivity contribution is 5.48. The third-order valence-corrected chi connectivity index (χ3v) is 3.01. The van der Waals surface area contributed by atoms with Gasteiger partial charge in [0.1, 0.15) is 0 Å². The van der Waals surface area contributed by atoms with E-state index in [9.17, 15) is 13.2 Å². The van der Waals surface area contributed by atoms with Gasteiger partial charge >= 0.3 is 6.18 Å². The monoisotopic (exact) mass is 245 g/mol. The predicted molar refractivity (Wildman–Crippen MR) is 58.9 cm³/mol. The second kappa shape index (κ2) is 4.52. The van der Waals surface area contributed by atoms with Crippen LogP contribution in [0, 0.1) is 0 Å². The molecule has 1 atom stereocenters. The van der Waals surface area contributed by atoms with Gasteiger partial charge in [0.2, 0.25) is 0 Å². The largest absolute Gasteiger partial charge is 0.417 e. The molecule has 1 aliphatic rings. The molecule has 3 nitrogen and oxygen atoms in total. The fourth-order valence-electron chi connectivity index (χ4n) is 1.99. The zero-order chi connectivity index (χ0) is 12.5. The summed E-state index contributed by atoms with van der Waals surface area (Å²) in [5, 5.41) is 3.12. The number of halogens is 3. The maximum absolute atomic E-state index is 12.5. The summed E-state index contributed by atoms with van der Waals surface area (Å²) in [6.45, 7) is 1.48. The van der Waals surface area contributed by atoms with Gasteiger partial charge in [-0.05, 0) is 19.5 Å². The fourth-order valence-corrected chi connectivity index (χ4v) is 1.99. The summed E-state index contributed by atoms with van der Waals surface area (Å²) < 4.78 is 37.6. The molecule has 0 amide bonds. The molecule has 1 aliphatic heterocycles. The van der Waals surface area contributed by atoms with E-state index in [4.69, 9.17) is 0 Å². The lowest BCUT2D eigenvalue weighted by molar-refractivity contribution is -0.137. The first-order chi connectivity index (χ1) is 8.00. The molecule has 1 fully saturated rings. The molecule has 2 heterocycles. The standard InChI is InChI=1S/C11H14F3N3/c1-15-9-2-3-17(7-9)10-4-8(5-16-6-10)11(12,13)14/h4-6,9,15H,2-3,7H2,1H3/t9-/m0/s1. The second-order valence-corrected chi connectivity index (χ2v) is 4.15. The Kier molecular flexibility index (Phi) is 3.24. The van der Waals surface area contributed by atoms with E-state index >= 15 is 0 Å². The van der Waals surface area contributed by atoms with Crippen molar-refractivity contribution in [2.24, 2.45) is 0 Å². The molecule has 0 aromatic carbocycles. The molecule has 1 N–H and O–H groups in total. The minimum absolute atomic E-state index is 0.338. The van der Waals surface area contributed by atoms with Crippen LogP contribution in [-0.2, 0) is 6.18 Å². The molecule has 2 rings (SSSR count). The zero-order valence-electron chi connectivity index (χ0n) is 9.46. The molecule has 0 radical (unpaired) electrons. The molecule has 0 spiro atoms. The van der Waals surface area contributed by atoms with Crippen LogP contribution < -0.4 is 10.2 Å². The number of hydrogen-bond donors (Lipinski definition) is 1. The van der Waals surface area contributed by atoms with Crippen molar-refractivity contribution >= 4 is 5.69 Å². The van der Waals surface area contributed by atoms with Crippen LogP contribution >= 0.6 is 0 Å². The summed E-state index contributed by atoms with van der Waals surface area (Å²) >= 11 is 0. The third-order valence-electron chi connectivity index (χ3n) is 3.01. The lowest BCUT2D eigenvalue weighted by Gasteiger charge is -2.19. The van der Waals surface area contributed by atoms with Crippen molar-refractivity contribution in [2.75, 3.05) is 25.0 Å². The maximum atomic E-state index is 12.5. The minimum Gasteiger partial charge on any atom is -0.369 e. The molecule has 0 unspecified atom stereocenters. The summed E-state index contributed by atoms with van der Waals surface area (Å²) in [5.74, 6) is 0. The van der Waals surface area contributed by atoms with Crippen molar-refractivity contribution in [3.05, 3.63) is 24.0 Å². The summed E-state index contributed by atoms with van der Waals surface area (Å²) in [6.07, 6.45) is -1.06. The van der Waals surface area contributed by atoms with Gasteiger partial charge in [-0.15, -0.1) is 0 Å². The lowest BCUT2D eigenvalue weighted by atomic mass is 10.2. The van der Waals surface area contributed by atoms with E-state index in [0.717, 1.165) is 31.8 Å². The van der Waals surface area contributed by atoms with Gasteiger partial charge in [0, 0.05) is 25.3 Å². The van der Waals surface area contributed by atoms with Crippen LogP contribution in [0.1, 0.15) is 12.0 Å². The molecule has 0 bridgehead atoms. The van der Waals surface area contributed by atoms with Gasteiger partial charge in [0.05, 0.1) is 17.4 Å². The molecule has 17 heavy (non-hydrogen) atoms. The Hall–Kier alpha value is -1.30. The van der Waals surface area contributed by atoms with Crippen molar-refractivity contribution in [2.45, 2.75) is 18.6 Å². The molecule has 94 valence electrons. The third kappa shape index (κ3) is 2.69. The number of rotatable bonds is 2. The van der Waals surface area contributed by atoms with E-state index in [2.05, 4.69) is 10.3 Å². The van der Waals surface area contributed by atoms with Gasteiger partial charge in [-0.1, -0.05) is 0 Å². The SMILES string of the molecule is CN[C@H]1CCN(c2cncc(C(F)(F)F)c2)C1. The van der Waals surface area contributed by atoms with Gasteiger partial charge in [-0.3, -0.25) is 4.98 Å². The van der Waals surface area contributed by atoms with Crippen molar-refractivity contribution in [1.29, 1.82) is 0 Å². The van der Waals surface area contributed by atoms with E-state index in [1.54, 1.807) is 0 Å². The van der Waals surface area contributed by atoms with Crippen molar-refractivity contribution in [3.8, 4) is 0 Å². The van der Waals surface area contributed by atoms with Crippen LogP contribution in [0.5, 0.6) is 0 Å². The first-order valence-corrected chi connectivity index (χ1v) is 5.45. The molecule has 0 aliphatic carbocycles. The summed E-state index contributed by atoms with van der Waals surface area (Å²) in [6, 6.07) is 1.50. The zero-order valence-corrected chi connectivity index (χ0v) is 9.46. The highest BCUT2D eigenvalue weighted by Crippen LogP contribution is 2.31. The highest BCUT2D eigenvalue weighted by atomic mass is 19.4. The molecular weight excluding hydrogens is 231 g/mol. The molecular formula is C11H14F3N3. The van der Waals surface area contributed by atoms with Crippen LogP contribution in [0.2, 0.25) is 0 Å². The number of anilines is 1. The molecule has 1 saturated heterocycles. The molecule has 1 aromatic heterocycles. The average Bonchev–Trinajstić information content (AvgIpc) is 2.76. The maximum Gasteiger partial charge on any atom is 0.417 e. The number of pyridine rings is 1. The summed E-state index contributed by atoms with van der Waals surface area (Å²) in [4.78, 5) is 5.58. The molecule has 1 aromatic rings. The van der Waals surface area contributed by atoms with E-state index in [-0.39, 0.29) is 0 Å². The first-order valence-electron chi connectivity index (χ1n) is 5.45. The van der Waals surface area contributed by atoms with Gasteiger partial charge in [-0.25, -0.2) is 0 Å². The van der Waals surface area contributed by atoms with Crippen LogP contribution in [0.3, 0.4) is 0 Å². The second-order valence-electron chi connectivity index (χ2n) is 4.15. The van der Waals surface area contributed by atoms with E-state index in [1.165, 1.54) is 6.20 Å². The number of hydrogen-bond acceptors (Lipinski definition) is 3. The van der Waals surface area contributed by atoms with Crippen molar-refractivity contribution in [1.82, 2.24) is 10.3 Å². The van der Waals surface area contributed by atoms with Gasteiger partial charge in [0.25, 0.3) is 0 Å². The van der Waals surface area contributed by atoms with Gasteiger partial charge in [-0.2, -0.15) is 13.2 Å². The van der Waals surface area contributed by atoms with Crippen LogP contribution in [0.15, 0.2) is 18.5 Å². The number of alkyl halides is 3. The molecule has 0 saturated carbocycles. The Morgan fingerprint density at radius 3 is 2.76 bits per heavy atom. The summed E-state index contributed by atoms with van der Waals surface area (Å²) in [7, 11) is 1.86. The number of aromatic nitrogens is 1. The van der Waals surface area contributed by atoms with E-state index in [1.807, 2.05) is 11.9 Å². The van der Waals surface area contributed by atoms with Crippen molar-refractivity contribution < 1.29 is 13.2 Å². The number of nitrogens with one attached hydrogen (secondary N) is 1. The lowest BCUT2D eigenvalue weighted by Crippen LogP contribution is -2.29. The Balaban J connectivity index is 2.17. The Morgan fingerprint density at radius 1 is 1.41 bits per heavy atom. The Bertz CT molecular complexity index is 392. The van der Waals surface area contributed by atoms with Gasteiger partial charge < -0.3 is 10.2 Å². The van der Waals surface area contributed by atoms with E-state index in [0.29, 0.717) is 11.7 Å². The van der Waals surface area contributed by atoms with E-state index < -0.39 is 11.7 Å². The van der Waals surface area contributed by atoms with Gasteiger partial charge in [0.15, 0.2) is 0 Å². The number of likely N-dealkylation sites (N-methyl/N-ethyl adjacent to an activating group) is 1. The Morgan fingerprint density at radius 2 is 2.18 bits per heavy atom. The van der Waals surface area contributed by atoms with Crippen LogP contribution in [0.4, 0.5) is 18.9 Å². The van der Waals surface area contributed by atoms with Crippen LogP contribution in [0.25, 0.3) is 0 Å². The average molecular weight is 245 g/mol. The predicted octanol–water partition coefficient (Wildman–Crippen LogP) is 1.90. The molecule has 6 heteroatoms.